The van der Waals surface area contributed by atoms with Crippen molar-refractivity contribution in [3.05, 3.63) is 100 Å². The standard InChI is InChI=1S/C27H28N4O3/c1-4-34-24-17-11-10-16-23(24)30-27(33)31(18(2)20-12-6-5-7-13-20)19(3)25-26(32)29-22-15-9-8-14-21(22)28-25/h5-19H,4H2,1-3H3,(H,29,32)(H,30,33). The molecule has 0 aliphatic carbocycles. The van der Waals surface area contributed by atoms with Gasteiger partial charge in [-0.25, -0.2) is 9.78 Å². The van der Waals surface area contributed by atoms with E-state index in [-0.39, 0.29) is 23.3 Å². The summed E-state index contributed by atoms with van der Waals surface area (Å²) in [4.78, 5) is 35.8. The minimum atomic E-state index is -0.609. The molecule has 0 radical (unpaired) electrons. The average molecular weight is 457 g/mol. The maximum Gasteiger partial charge on any atom is 0.323 e. The second-order valence-electron chi connectivity index (χ2n) is 8.00. The first-order valence-corrected chi connectivity index (χ1v) is 11.3. The van der Waals surface area contributed by atoms with Crippen LogP contribution >= 0.6 is 0 Å². The van der Waals surface area contributed by atoms with Crippen LogP contribution in [0.3, 0.4) is 0 Å². The number of rotatable bonds is 7. The summed E-state index contributed by atoms with van der Waals surface area (Å²) in [7, 11) is 0. The van der Waals surface area contributed by atoms with Crippen molar-refractivity contribution >= 4 is 22.8 Å². The van der Waals surface area contributed by atoms with Crippen LogP contribution in [0.1, 0.15) is 44.1 Å². The number of carbonyl (C=O) groups is 1. The zero-order valence-corrected chi connectivity index (χ0v) is 19.5. The topological polar surface area (TPSA) is 87.3 Å². The van der Waals surface area contributed by atoms with Crippen LogP contribution in [0, 0.1) is 0 Å². The number of anilines is 1. The van der Waals surface area contributed by atoms with Crippen molar-refractivity contribution in [2.75, 3.05) is 11.9 Å². The Morgan fingerprint density at radius 3 is 2.41 bits per heavy atom. The number of benzene rings is 3. The molecule has 0 saturated carbocycles. The fourth-order valence-corrected chi connectivity index (χ4v) is 4.07. The molecule has 174 valence electrons. The molecular formula is C27H28N4O3. The van der Waals surface area contributed by atoms with Gasteiger partial charge in [-0.2, -0.15) is 0 Å². The molecule has 0 spiro atoms. The zero-order valence-electron chi connectivity index (χ0n) is 19.5. The summed E-state index contributed by atoms with van der Waals surface area (Å²) in [5, 5.41) is 2.98. The summed E-state index contributed by atoms with van der Waals surface area (Å²) in [6.45, 7) is 6.13. The van der Waals surface area contributed by atoms with Gasteiger partial charge >= 0.3 is 6.03 Å². The molecule has 0 aliphatic rings. The smallest absolute Gasteiger partial charge is 0.323 e. The molecule has 0 fully saturated rings. The van der Waals surface area contributed by atoms with Gasteiger partial charge in [0.15, 0.2) is 0 Å². The highest BCUT2D eigenvalue weighted by Gasteiger charge is 2.30. The maximum absolute atomic E-state index is 13.7. The Morgan fingerprint density at radius 1 is 0.971 bits per heavy atom. The van der Waals surface area contributed by atoms with E-state index in [1.54, 1.807) is 17.0 Å². The molecule has 7 heteroatoms. The number of fused-ring (bicyclic) bond motifs is 1. The van der Waals surface area contributed by atoms with Crippen LogP contribution in [0.25, 0.3) is 11.0 Å². The minimum absolute atomic E-state index is 0.273. The van der Waals surface area contributed by atoms with Crippen LogP contribution in [-0.4, -0.2) is 27.5 Å². The summed E-state index contributed by atoms with van der Waals surface area (Å²) < 4.78 is 5.67. The molecule has 4 rings (SSSR count). The van der Waals surface area contributed by atoms with Crippen molar-refractivity contribution in [1.29, 1.82) is 0 Å². The van der Waals surface area contributed by atoms with Crippen molar-refractivity contribution in [3.63, 3.8) is 0 Å². The number of para-hydroxylation sites is 4. The lowest BCUT2D eigenvalue weighted by Crippen LogP contribution is -2.41. The van der Waals surface area contributed by atoms with Crippen molar-refractivity contribution in [2.45, 2.75) is 32.9 Å². The fraction of sp³-hybridized carbons (Fsp3) is 0.222. The number of ether oxygens (including phenoxy) is 1. The highest BCUT2D eigenvalue weighted by molar-refractivity contribution is 5.91. The molecular weight excluding hydrogens is 428 g/mol. The van der Waals surface area contributed by atoms with Gasteiger partial charge < -0.3 is 19.9 Å². The lowest BCUT2D eigenvalue weighted by molar-refractivity contribution is 0.165. The monoisotopic (exact) mass is 456 g/mol. The quantitative estimate of drug-likeness (QED) is 0.375. The number of H-pyrrole nitrogens is 1. The largest absolute Gasteiger partial charge is 0.492 e. The summed E-state index contributed by atoms with van der Waals surface area (Å²) in [6.07, 6.45) is 0. The van der Waals surface area contributed by atoms with E-state index < -0.39 is 6.04 Å². The van der Waals surface area contributed by atoms with Gasteiger partial charge in [-0.3, -0.25) is 4.79 Å². The normalized spacial score (nSPS) is 12.7. The van der Waals surface area contributed by atoms with Gasteiger partial charge in [0.1, 0.15) is 11.4 Å². The SMILES string of the molecule is CCOc1ccccc1NC(=O)N(C(C)c1ccccc1)C(C)c1nc2ccccc2[nH]c1=O. The third-order valence-corrected chi connectivity index (χ3v) is 5.80. The number of aromatic nitrogens is 2. The molecule has 1 aromatic heterocycles. The van der Waals surface area contributed by atoms with Gasteiger partial charge in [0.2, 0.25) is 0 Å². The van der Waals surface area contributed by atoms with E-state index in [1.807, 2.05) is 87.5 Å². The number of nitrogens with one attached hydrogen (secondary N) is 2. The average Bonchev–Trinajstić information content (AvgIpc) is 2.85. The number of aromatic amines is 1. The van der Waals surface area contributed by atoms with Gasteiger partial charge in [-0.15, -0.1) is 0 Å². The summed E-state index contributed by atoms with van der Waals surface area (Å²) >= 11 is 0. The first kappa shape index (κ1) is 23.0. The fourth-order valence-electron chi connectivity index (χ4n) is 4.07. The molecule has 0 saturated heterocycles. The Morgan fingerprint density at radius 2 is 1.65 bits per heavy atom. The summed E-state index contributed by atoms with van der Waals surface area (Å²) in [5.41, 5.74) is 2.78. The Bertz CT molecular complexity index is 1340. The molecule has 34 heavy (non-hydrogen) atoms. The predicted octanol–water partition coefficient (Wildman–Crippen LogP) is 5.68. The highest BCUT2D eigenvalue weighted by atomic mass is 16.5. The Kier molecular flexibility index (Phi) is 6.92. The van der Waals surface area contributed by atoms with E-state index in [4.69, 9.17) is 4.74 Å². The van der Waals surface area contributed by atoms with Gasteiger partial charge in [-0.1, -0.05) is 54.6 Å². The number of nitrogens with zero attached hydrogens (tertiary/aromatic N) is 2. The number of amides is 2. The number of hydrogen-bond donors (Lipinski definition) is 2. The van der Waals surface area contributed by atoms with Crippen LogP contribution in [0.4, 0.5) is 10.5 Å². The maximum atomic E-state index is 13.7. The Hall–Kier alpha value is -4.13. The number of hydrogen-bond acceptors (Lipinski definition) is 4. The first-order valence-electron chi connectivity index (χ1n) is 11.3. The van der Waals surface area contributed by atoms with E-state index in [0.29, 0.717) is 29.1 Å². The molecule has 0 aliphatic heterocycles. The van der Waals surface area contributed by atoms with E-state index >= 15 is 0 Å². The Balaban J connectivity index is 1.75. The molecule has 7 nitrogen and oxygen atoms in total. The minimum Gasteiger partial charge on any atom is -0.492 e. The molecule has 2 N–H and O–H groups in total. The summed E-state index contributed by atoms with van der Waals surface area (Å²) in [5.74, 6) is 0.583. The first-order chi connectivity index (χ1) is 16.5. The molecule has 3 aromatic carbocycles. The molecule has 2 unspecified atom stereocenters. The number of urea groups is 1. The van der Waals surface area contributed by atoms with E-state index in [0.717, 1.165) is 5.56 Å². The van der Waals surface area contributed by atoms with E-state index in [9.17, 15) is 9.59 Å². The molecule has 2 atom stereocenters. The number of carbonyl (C=O) groups excluding carboxylic acids is 1. The molecule has 0 bridgehead atoms. The van der Waals surface area contributed by atoms with Crippen molar-refractivity contribution in [2.24, 2.45) is 0 Å². The Labute approximate surface area is 198 Å². The lowest BCUT2D eigenvalue weighted by atomic mass is 10.0. The van der Waals surface area contributed by atoms with Gasteiger partial charge in [0, 0.05) is 0 Å². The van der Waals surface area contributed by atoms with Crippen LogP contribution < -0.4 is 15.6 Å². The predicted molar refractivity (Wildman–Crippen MR) is 134 cm³/mol. The molecule has 1 heterocycles. The second kappa shape index (κ2) is 10.2. The van der Waals surface area contributed by atoms with Crippen molar-refractivity contribution in [1.82, 2.24) is 14.9 Å². The van der Waals surface area contributed by atoms with Crippen LogP contribution in [-0.2, 0) is 0 Å². The van der Waals surface area contributed by atoms with E-state index in [1.165, 1.54) is 0 Å². The lowest BCUT2D eigenvalue weighted by Gasteiger charge is -2.34. The third-order valence-electron chi connectivity index (χ3n) is 5.80. The van der Waals surface area contributed by atoms with Crippen molar-refractivity contribution < 1.29 is 9.53 Å². The zero-order chi connectivity index (χ0) is 24.1. The van der Waals surface area contributed by atoms with Crippen LogP contribution in [0.15, 0.2) is 83.7 Å². The highest BCUT2D eigenvalue weighted by Crippen LogP contribution is 2.31. The van der Waals surface area contributed by atoms with Gasteiger partial charge in [-0.05, 0) is 50.6 Å². The van der Waals surface area contributed by atoms with E-state index in [2.05, 4.69) is 15.3 Å². The third kappa shape index (κ3) is 4.78. The van der Waals surface area contributed by atoms with Gasteiger partial charge in [0.25, 0.3) is 5.56 Å². The van der Waals surface area contributed by atoms with Crippen molar-refractivity contribution in [3.8, 4) is 5.75 Å². The van der Waals surface area contributed by atoms with Gasteiger partial charge in [0.05, 0.1) is 35.4 Å². The molecule has 4 aromatic rings. The summed E-state index contributed by atoms with van der Waals surface area (Å²) in [6, 6.07) is 23.1. The second-order valence-corrected chi connectivity index (χ2v) is 8.00. The molecule has 2 amide bonds. The van der Waals surface area contributed by atoms with Crippen LogP contribution in [0.2, 0.25) is 0 Å². The van der Waals surface area contributed by atoms with Crippen LogP contribution in [0.5, 0.6) is 5.75 Å².